The fraction of sp³-hybridized carbons (Fsp3) is 0.909. The molecule has 3 nitrogen and oxygen atoms in total. The first-order valence-electron chi connectivity index (χ1n) is 5.97. The van der Waals surface area contributed by atoms with Gasteiger partial charge in [0.2, 0.25) is 0 Å². The van der Waals surface area contributed by atoms with Gasteiger partial charge < -0.3 is 10.2 Å². The van der Waals surface area contributed by atoms with Gasteiger partial charge in [-0.3, -0.25) is 4.99 Å². The van der Waals surface area contributed by atoms with E-state index in [-0.39, 0.29) is 0 Å². The highest BCUT2D eigenvalue weighted by Gasteiger charge is 2.44. The van der Waals surface area contributed by atoms with Gasteiger partial charge >= 0.3 is 0 Å². The molecule has 2 fully saturated rings. The molecule has 3 heteroatoms. The van der Waals surface area contributed by atoms with Crippen LogP contribution in [0.3, 0.4) is 0 Å². The van der Waals surface area contributed by atoms with Crippen LogP contribution in [-0.4, -0.2) is 36.0 Å². The highest BCUT2D eigenvalue weighted by atomic mass is 15.4. The van der Waals surface area contributed by atoms with Gasteiger partial charge in [0.15, 0.2) is 5.96 Å². The molecule has 1 saturated heterocycles. The molecular weight excluding hydrogens is 174 g/mol. The number of hydrogen-bond acceptors (Lipinski definition) is 3. The lowest BCUT2D eigenvalue weighted by Crippen LogP contribution is -2.49. The molecule has 1 spiro atoms. The van der Waals surface area contributed by atoms with Gasteiger partial charge in [-0.05, 0) is 25.7 Å². The van der Waals surface area contributed by atoms with Crippen LogP contribution in [0.2, 0.25) is 0 Å². The van der Waals surface area contributed by atoms with Gasteiger partial charge in [-0.2, -0.15) is 0 Å². The first-order valence-corrected chi connectivity index (χ1v) is 5.97. The van der Waals surface area contributed by atoms with Crippen molar-refractivity contribution in [3.63, 3.8) is 0 Å². The Kier molecular flexibility index (Phi) is 1.92. The zero-order valence-electron chi connectivity index (χ0n) is 8.76. The van der Waals surface area contributed by atoms with Crippen molar-refractivity contribution in [2.45, 2.75) is 44.1 Å². The molecule has 0 atom stereocenters. The minimum absolute atomic E-state index is 0.510. The monoisotopic (exact) mass is 193 g/mol. The Morgan fingerprint density at radius 3 is 2.64 bits per heavy atom. The van der Waals surface area contributed by atoms with Crippen molar-refractivity contribution in [1.29, 1.82) is 0 Å². The number of rotatable bonds is 0. The summed E-state index contributed by atoms with van der Waals surface area (Å²) in [6, 6.07) is 0. The van der Waals surface area contributed by atoms with E-state index < -0.39 is 0 Å². The van der Waals surface area contributed by atoms with Gasteiger partial charge in [0.25, 0.3) is 0 Å². The Morgan fingerprint density at radius 1 is 1.14 bits per heavy atom. The Morgan fingerprint density at radius 2 is 1.93 bits per heavy atom. The summed E-state index contributed by atoms with van der Waals surface area (Å²) < 4.78 is 0. The van der Waals surface area contributed by atoms with Gasteiger partial charge in [0.1, 0.15) is 0 Å². The second kappa shape index (κ2) is 3.14. The van der Waals surface area contributed by atoms with E-state index in [1.807, 2.05) is 0 Å². The SMILES string of the molecule is C1CCC2(C1)CCCN2C1=NCCN1. The largest absolute Gasteiger partial charge is 0.354 e. The molecule has 0 aromatic carbocycles. The van der Waals surface area contributed by atoms with E-state index in [0.29, 0.717) is 5.54 Å². The van der Waals surface area contributed by atoms with E-state index in [1.165, 1.54) is 51.0 Å². The van der Waals surface area contributed by atoms with E-state index in [9.17, 15) is 0 Å². The molecule has 1 saturated carbocycles. The molecule has 2 heterocycles. The second-order valence-corrected chi connectivity index (χ2v) is 4.82. The molecule has 3 aliphatic rings. The van der Waals surface area contributed by atoms with Crippen molar-refractivity contribution in [3.8, 4) is 0 Å². The van der Waals surface area contributed by atoms with Crippen LogP contribution in [0.25, 0.3) is 0 Å². The molecule has 0 bridgehead atoms. The third kappa shape index (κ3) is 1.14. The fourth-order valence-electron chi connectivity index (χ4n) is 3.39. The predicted molar refractivity (Wildman–Crippen MR) is 57.4 cm³/mol. The predicted octanol–water partition coefficient (Wildman–Crippen LogP) is 1.35. The maximum absolute atomic E-state index is 4.57. The van der Waals surface area contributed by atoms with E-state index in [0.717, 1.165) is 13.1 Å². The van der Waals surface area contributed by atoms with Gasteiger partial charge in [-0.1, -0.05) is 12.8 Å². The lowest BCUT2D eigenvalue weighted by atomic mass is 9.94. The van der Waals surface area contributed by atoms with Crippen LogP contribution < -0.4 is 5.32 Å². The molecule has 14 heavy (non-hydrogen) atoms. The maximum Gasteiger partial charge on any atom is 0.194 e. The van der Waals surface area contributed by atoms with Crippen LogP contribution in [0, 0.1) is 0 Å². The number of nitrogens with zero attached hydrogens (tertiary/aromatic N) is 2. The fourth-order valence-corrected chi connectivity index (χ4v) is 3.39. The molecule has 0 amide bonds. The number of likely N-dealkylation sites (tertiary alicyclic amines) is 1. The third-order valence-corrected chi connectivity index (χ3v) is 4.04. The maximum atomic E-state index is 4.57. The highest BCUT2D eigenvalue weighted by molar-refractivity contribution is 5.82. The van der Waals surface area contributed by atoms with Crippen molar-refractivity contribution in [3.05, 3.63) is 0 Å². The molecule has 78 valence electrons. The van der Waals surface area contributed by atoms with Crippen molar-refractivity contribution in [1.82, 2.24) is 10.2 Å². The van der Waals surface area contributed by atoms with Crippen LogP contribution >= 0.6 is 0 Å². The van der Waals surface area contributed by atoms with Crippen molar-refractivity contribution >= 4 is 5.96 Å². The molecule has 2 aliphatic heterocycles. The van der Waals surface area contributed by atoms with E-state index in [2.05, 4.69) is 15.2 Å². The average molecular weight is 193 g/mol. The minimum atomic E-state index is 0.510. The minimum Gasteiger partial charge on any atom is -0.354 e. The molecule has 0 radical (unpaired) electrons. The number of hydrogen-bond donors (Lipinski definition) is 1. The molecule has 0 aromatic heterocycles. The molecular formula is C11H19N3. The summed E-state index contributed by atoms with van der Waals surface area (Å²) in [4.78, 5) is 7.14. The van der Waals surface area contributed by atoms with Crippen molar-refractivity contribution in [2.75, 3.05) is 19.6 Å². The van der Waals surface area contributed by atoms with Gasteiger partial charge in [0, 0.05) is 18.6 Å². The number of aliphatic imine (C=N–C) groups is 1. The summed E-state index contributed by atoms with van der Waals surface area (Å²) in [6.45, 7) is 3.25. The summed E-state index contributed by atoms with van der Waals surface area (Å²) in [7, 11) is 0. The normalized spacial score (nSPS) is 29.7. The topological polar surface area (TPSA) is 27.6 Å². The number of guanidine groups is 1. The van der Waals surface area contributed by atoms with E-state index in [4.69, 9.17) is 0 Å². The van der Waals surface area contributed by atoms with Crippen LogP contribution in [0.15, 0.2) is 4.99 Å². The second-order valence-electron chi connectivity index (χ2n) is 4.82. The summed E-state index contributed by atoms with van der Waals surface area (Å²) in [5.74, 6) is 1.20. The molecule has 1 N–H and O–H groups in total. The summed E-state index contributed by atoms with van der Waals surface area (Å²) in [5, 5.41) is 3.43. The Hall–Kier alpha value is -0.730. The lowest BCUT2D eigenvalue weighted by molar-refractivity contribution is 0.231. The summed E-state index contributed by atoms with van der Waals surface area (Å²) in [6.07, 6.45) is 8.39. The number of nitrogens with one attached hydrogen (secondary N) is 1. The lowest BCUT2D eigenvalue weighted by Gasteiger charge is -2.36. The average Bonchev–Trinajstić information content (AvgIpc) is 2.91. The highest BCUT2D eigenvalue weighted by Crippen LogP contribution is 2.43. The quantitative estimate of drug-likeness (QED) is 0.629. The van der Waals surface area contributed by atoms with Crippen LogP contribution in [0.5, 0.6) is 0 Å². The summed E-state index contributed by atoms with van der Waals surface area (Å²) >= 11 is 0. The van der Waals surface area contributed by atoms with Gasteiger partial charge in [0.05, 0.1) is 6.54 Å². The molecule has 0 aromatic rings. The van der Waals surface area contributed by atoms with Crippen LogP contribution in [0.4, 0.5) is 0 Å². The van der Waals surface area contributed by atoms with Crippen molar-refractivity contribution in [2.24, 2.45) is 4.99 Å². The Labute approximate surface area is 85.6 Å². The third-order valence-electron chi connectivity index (χ3n) is 4.04. The van der Waals surface area contributed by atoms with Gasteiger partial charge in [-0.25, -0.2) is 0 Å². The smallest absolute Gasteiger partial charge is 0.194 e. The Bertz CT molecular complexity index is 248. The first-order chi connectivity index (χ1) is 6.91. The zero-order chi connectivity index (χ0) is 9.43. The van der Waals surface area contributed by atoms with Gasteiger partial charge in [-0.15, -0.1) is 0 Å². The first kappa shape index (κ1) is 8.57. The van der Waals surface area contributed by atoms with E-state index in [1.54, 1.807) is 0 Å². The van der Waals surface area contributed by atoms with Crippen LogP contribution in [-0.2, 0) is 0 Å². The molecule has 0 unspecified atom stereocenters. The molecule has 3 rings (SSSR count). The zero-order valence-corrected chi connectivity index (χ0v) is 8.76. The van der Waals surface area contributed by atoms with Crippen LogP contribution in [0.1, 0.15) is 38.5 Å². The molecule has 1 aliphatic carbocycles. The summed E-state index contributed by atoms with van der Waals surface area (Å²) in [5.41, 5.74) is 0.510. The van der Waals surface area contributed by atoms with E-state index >= 15 is 0 Å². The Balaban J connectivity index is 1.83. The standard InChI is InChI=1S/C11H19N3/c1-2-5-11(4-1)6-3-9-14(11)10-12-7-8-13-10/h1-9H2,(H,12,13). The van der Waals surface area contributed by atoms with Crippen molar-refractivity contribution < 1.29 is 0 Å².